The largest absolute Gasteiger partial charge is 0.462 e. The minimum atomic E-state index is -0.603. The molecule has 1 heterocycles. The Morgan fingerprint density at radius 2 is 1.85 bits per heavy atom. The van der Waals surface area contributed by atoms with Crippen molar-refractivity contribution in [3.63, 3.8) is 0 Å². The third-order valence-electron chi connectivity index (χ3n) is 3.76. The summed E-state index contributed by atoms with van der Waals surface area (Å²) in [5, 5.41) is 2.98. The highest BCUT2D eigenvalue weighted by molar-refractivity contribution is 7.18. The van der Waals surface area contributed by atoms with Gasteiger partial charge in [0.2, 0.25) is 0 Å². The third kappa shape index (κ3) is 4.62. The molecule has 0 saturated heterocycles. The smallest absolute Gasteiger partial charge is 0.348 e. The van der Waals surface area contributed by atoms with Gasteiger partial charge >= 0.3 is 11.9 Å². The van der Waals surface area contributed by atoms with Gasteiger partial charge in [-0.3, -0.25) is 4.79 Å². The highest BCUT2D eigenvalue weighted by atomic mass is 32.1. The number of aryl methyl sites for hydroxylation is 1. The van der Waals surface area contributed by atoms with Crippen molar-refractivity contribution >= 4 is 34.2 Å². The summed E-state index contributed by atoms with van der Waals surface area (Å²) in [5.41, 5.74) is 1.85. The third-order valence-corrected chi connectivity index (χ3v) is 4.95. The molecular weight excluding hydrogens is 366 g/mol. The van der Waals surface area contributed by atoms with E-state index >= 15 is 0 Å². The number of carbonyl (C=O) groups is 3. The number of thiophene rings is 1. The molecule has 2 rings (SSSR count). The van der Waals surface area contributed by atoms with Crippen LogP contribution < -0.4 is 5.32 Å². The summed E-state index contributed by atoms with van der Waals surface area (Å²) in [6, 6.07) is 7.10. The fourth-order valence-electron chi connectivity index (χ4n) is 2.44. The second kappa shape index (κ2) is 9.14. The predicted molar refractivity (Wildman–Crippen MR) is 105 cm³/mol. The Labute approximate surface area is 161 Å². The van der Waals surface area contributed by atoms with Crippen LogP contribution in [0.3, 0.4) is 0 Å². The van der Waals surface area contributed by atoms with E-state index in [4.69, 9.17) is 9.47 Å². The average Bonchev–Trinajstić information content (AvgIpc) is 2.96. The van der Waals surface area contributed by atoms with E-state index in [0.29, 0.717) is 11.1 Å². The van der Waals surface area contributed by atoms with Crippen molar-refractivity contribution in [3.8, 4) is 0 Å². The molecule has 2 aromatic rings. The van der Waals surface area contributed by atoms with Gasteiger partial charge in [-0.15, -0.1) is 11.3 Å². The molecule has 0 aliphatic heterocycles. The van der Waals surface area contributed by atoms with E-state index in [-0.39, 0.29) is 34.6 Å². The van der Waals surface area contributed by atoms with Gasteiger partial charge in [-0.2, -0.15) is 0 Å². The lowest BCUT2D eigenvalue weighted by Crippen LogP contribution is -2.15. The molecule has 1 aromatic carbocycles. The Hall–Kier alpha value is -2.93. The van der Waals surface area contributed by atoms with Gasteiger partial charge in [0.15, 0.2) is 0 Å². The van der Waals surface area contributed by atoms with Crippen molar-refractivity contribution in [1.82, 2.24) is 0 Å². The van der Waals surface area contributed by atoms with E-state index in [9.17, 15) is 14.4 Å². The van der Waals surface area contributed by atoms with Crippen molar-refractivity contribution in [2.45, 2.75) is 20.8 Å². The molecule has 0 aliphatic rings. The quantitative estimate of drug-likeness (QED) is 0.570. The van der Waals surface area contributed by atoms with Crippen LogP contribution in [0.4, 0.5) is 5.00 Å². The van der Waals surface area contributed by atoms with Gasteiger partial charge in [0, 0.05) is 5.56 Å². The second-order valence-corrected chi connectivity index (χ2v) is 6.66. The molecular formula is C20H21NO5S. The van der Waals surface area contributed by atoms with E-state index in [1.165, 1.54) is 6.08 Å². The fraction of sp³-hybridized carbons (Fsp3) is 0.250. The molecule has 0 bridgehead atoms. The van der Waals surface area contributed by atoms with E-state index in [1.54, 1.807) is 26.0 Å². The van der Waals surface area contributed by atoms with Gasteiger partial charge in [0.25, 0.3) is 5.91 Å². The second-order valence-electron chi connectivity index (χ2n) is 5.64. The lowest BCUT2D eigenvalue weighted by Gasteiger charge is -2.08. The van der Waals surface area contributed by atoms with Crippen LogP contribution in [0, 0.1) is 13.8 Å². The summed E-state index contributed by atoms with van der Waals surface area (Å²) >= 11 is 0.986. The maximum Gasteiger partial charge on any atom is 0.348 e. The summed E-state index contributed by atoms with van der Waals surface area (Å²) < 4.78 is 10.1. The molecule has 0 radical (unpaired) electrons. The SMILES string of the molecule is C=CCOC(=O)c1sc(NC(=O)c2ccccc2C)c(C(=O)OCC)c1C. The first-order valence-electron chi connectivity index (χ1n) is 8.36. The van der Waals surface area contributed by atoms with Gasteiger partial charge < -0.3 is 14.8 Å². The summed E-state index contributed by atoms with van der Waals surface area (Å²) in [6.07, 6.45) is 1.45. The van der Waals surface area contributed by atoms with Crippen molar-refractivity contribution in [2.75, 3.05) is 18.5 Å². The number of benzene rings is 1. The number of anilines is 1. The van der Waals surface area contributed by atoms with E-state index < -0.39 is 11.9 Å². The Bertz CT molecular complexity index is 884. The van der Waals surface area contributed by atoms with Gasteiger partial charge in [-0.05, 0) is 38.0 Å². The van der Waals surface area contributed by atoms with Crippen LogP contribution in [0.2, 0.25) is 0 Å². The first kappa shape index (κ1) is 20.4. The van der Waals surface area contributed by atoms with Crippen LogP contribution in [0.25, 0.3) is 0 Å². The normalized spacial score (nSPS) is 10.2. The summed E-state index contributed by atoms with van der Waals surface area (Å²) in [6.45, 7) is 8.85. The number of nitrogens with one attached hydrogen (secondary N) is 1. The molecule has 1 amide bonds. The number of ether oxygens (including phenoxy) is 2. The molecule has 0 spiro atoms. The highest BCUT2D eigenvalue weighted by Crippen LogP contribution is 2.34. The molecule has 1 N–H and O–H groups in total. The molecule has 0 unspecified atom stereocenters. The van der Waals surface area contributed by atoms with Crippen LogP contribution in [-0.4, -0.2) is 31.1 Å². The zero-order valence-electron chi connectivity index (χ0n) is 15.5. The van der Waals surface area contributed by atoms with E-state index in [0.717, 1.165) is 16.9 Å². The Morgan fingerprint density at radius 3 is 2.48 bits per heavy atom. The van der Waals surface area contributed by atoms with Crippen molar-refractivity contribution in [2.24, 2.45) is 0 Å². The molecule has 0 aliphatic carbocycles. The van der Waals surface area contributed by atoms with Crippen LogP contribution in [-0.2, 0) is 9.47 Å². The van der Waals surface area contributed by atoms with Crippen LogP contribution >= 0.6 is 11.3 Å². The Kier molecular flexibility index (Phi) is 6.90. The number of rotatable bonds is 7. The zero-order chi connectivity index (χ0) is 20.0. The number of esters is 2. The monoisotopic (exact) mass is 387 g/mol. The van der Waals surface area contributed by atoms with E-state index in [2.05, 4.69) is 11.9 Å². The van der Waals surface area contributed by atoms with Gasteiger partial charge in [-0.25, -0.2) is 9.59 Å². The predicted octanol–water partition coefficient (Wildman–Crippen LogP) is 4.14. The van der Waals surface area contributed by atoms with E-state index in [1.807, 2.05) is 19.1 Å². The average molecular weight is 387 g/mol. The first-order chi connectivity index (χ1) is 12.9. The molecule has 0 fully saturated rings. The number of carbonyl (C=O) groups excluding carboxylic acids is 3. The lowest BCUT2D eigenvalue weighted by atomic mass is 10.1. The summed E-state index contributed by atoms with van der Waals surface area (Å²) in [4.78, 5) is 37.5. The highest BCUT2D eigenvalue weighted by Gasteiger charge is 2.27. The molecule has 27 heavy (non-hydrogen) atoms. The van der Waals surface area contributed by atoms with Crippen molar-refractivity contribution in [3.05, 3.63) is 64.1 Å². The zero-order valence-corrected chi connectivity index (χ0v) is 16.3. The van der Waals surface area contributed by atoms with Gasteiger partial charge in [0.05, 0.1) is 12.2 Å². The topological polar surface area (TPSA) is 81.7 Å². The fourth-order valence-corrected chi connectivity index (χ4v) is 3.53. The van der Waals surface area contributed by atoms with Crippen molar-refractivity contribution < 1.29 is 23.9 Å². The minimum absolute atomic E-state index is 0.0514. The molecule has 142 valence electrons. The number of amides is 1. The van der Waals surface area contributed by atoms with Gasteiger partial charge in [0.1, 0.15) is 16.5 Å². The maximum atomic E-state index is 12.6. The number of hydrogen-bond acceptors (Lipinski definition) is 6. The summed E-state index contributed by atoms with van der Waals surface area (Å²) in [5.74, 6) is -1.56. The summed E-state index contributed by atoms with van der Waals surface area (Å²) in [7, 11) is 0. The molecule has 1 aromatic heterocycles. The maximum absolute atomic E-state index is 12.6. The lowest BCUT2D eigenvalue weighted by molar-refractivity contribution is 0.0527. The molecule has 0 saturated carbocycles. The van der Waals surface area contributed by atoms with Crippen molar-refractivity contribution in [1.29, 1.82) is 0 Å². The van der Waals surface area contributed by atoms with Crippen LogP contribution in [0.5, 0.6) is 0 Å². The Morgan fingerprint density at radius 1 is 1.15 bits per heavy atom. The standard InChI is InChI=1S/C20H21NO5S/c1-5-11-26-20(24)16-13(4)15(19(23)25-6-2)18(27-16)21-17(22)14-10-8-7-9-12(14)3/h5,7-10H,1,6,11H2,2-4H3,(H,21,22). The Balaban J connectivity index is 2.42. The molecule has 7 heteroatoms. The number of hydrogen-bond donors (Lipinski definition) is 1. The molecule has 0 atom stereocenters. The van der Waals surface area contributed by atoms with Crippen LogP contribution in [0.1, 0.15) is 48.4 Å². The first-order valence-corrected chi connectivity index (χ1v) is 9.17. The molecule has 6 nitrogen and oxygen atoms in total. The van der Waals surface area contributed by atoms with Crippen LogP contribution in [0.15, 0.2) is 36.9 Å². The van der Waals surface area contributed by atoms with Gasteiger partial charge in [-0.1, -0.05) is 30.9 Å². The minimum Gasteiger partial charge on any atom is -0.462 e.